The van der Waals surface area contributed by atoms with Gasteiger partial charge in [0.15, 0.2) is 5.79 Å². The molecule has 0 aromatic rings. The molecule has 0 aromatic carbocycles. The zero-order valence-electron chi connectivity index (χ0n) is 7.71. The van der Waals surface area contributed by atoms with Crippen LogP contribution in [0.5, 0.6) is 0 Å². The Balaban J connectivity index is 2.15. The van der Waals surface area contributed by atoms with Crippen LogP contribution in [0.3, 0.4) is 0 Å². The smallest absolute Gasteiger partial charge is 0.163 e. The van der Waals surface area contributed by atoms with E-state index in [4.69, 9.17) is 14.2 Å². The second kappa shape index (κ2) is 4.03. The Morgan fingerprint density at radius 1 is 1.67 bits per heavy atom. The first kappa shape index (κ1) is 9.71. The lowest BCUT2D eigenvalue weighted by Crippen LogP contribution is -2.24. The van der Waals surface area contributed by atoms with Gasteiger partial charge >= 0.3 is 0 Å². The van der Waals surface area contributed by atoms with Gasteiger partial charge in [-0.1, -0.05) is 6.08 Å². The highest BCUT2D eigenvalue weighted by Crippen LogP contribution is 2.22. The molecule has 1 aliphatic heterocycles. The number of rotatable bonds is 4. The number of hydrogen-bond donors (Lipinski definition) is 0. The molecule has 70 valence electrons. The molecular weight excluding hydrogens is 156 g/mol. The second-order valence-electron chi connectivity index (χ2n) is 3.28. The maximum absolute atomic E-state index is 5.51. The summed E-state index contributed by atoms with van der Waals surface area (Å²) in [6, 6.07) is 0. The van der Waals surface area contributed by atoms with Gasteiger partial charge in [0.25, 0.3) is 0 Å². The van der Waals surface area contributed by atoms with Gasteiger partial charge in [0.1, 0.15) is 6.10 Å². The predicted molar refractivity (Wildman–Crippen MR) is 45.9 cm³/mol. The van der Waals surface area contributed by atoms with E-state index in [-0.39, 0.29) is 6.10 Å². The highest BCUT2D eigenvalue weighted by atomic mass is 16.7. The van der Waals surface area contributed by atoms with E-state index < -0.39 is 5.79 Å². The molecule has 0 aromatic heterocycles. The van der Waals surface area contributed by atoms with Gasteiger partial charge in [0.2, 0.25) is 0 Å². The summed E-state index contributed by atoms with van der Waals surface area (Å²) >= 11 is 0. The van der Waals surface area contributed by atoms with E-state index in [1.165, 1.54) is 0 Å². The first-order valence-corrected chi connectivity index (χ1v) is 4.14. The average molecular weight is 172 g/mol. The van der Waals surface area contributed by atoms with Crippen LogP contribution in [0.1, 0.15) is 13.8 Å². The molecule has 1 rings (SSSR count). The van der Waals surface area contributed by atoms with Crippen molar-refractivity contribution in [3.8, 4) is 0 Å². The van der Waals surface area contributed by atoms with Crippen LogP contribution in [-0.4, -0.2) is 31.7 Å². The Labute approximate surface area is 73.3 Å². The van der Waals surface area contributed by atoms with Gasteiger partial charge in [-0.05, 0) is 13.8 Å². The van der Waals surface area contributed by atoms with Crippen molar-refractivity contribution in [1.29, 1.82) is 0 Å². The molecule has 1 heterocycles. The van der Waals surface area contributed by atoms with Gasteiger partial charge in [0, 0.05) is 0 Å². The van der Waals surface area contributed by atoms with E-state index in [2.05, 4.69) is 6.58 Å². The Bertz CT molecular complexity index is 154. The maximum Gasteiger partial charge on any atom is 0.163 e. The second-order valence-corrected chi connectivity index (χ2v) is 3.28. The van der Waals surface area contributed by atoms with Crippen molar-refractivity contribution < 1.29 is 14.2 Å². The normalized spacial score (nSPS) is 27.3. The molecule has 0 N–H and O–H groups in total. The topological polar surface area (TPSA) is 27.7 Å². The molecule has 3 heteroatoms. The van der Waals surface area contributed by atoms with Crippen molar-refractivity contribution in [3.63, 3.8) is 0 Å². The molecule has 0 radical (unpaired) electrons. The fourth-order valence-electron chi connectivity index (χ4n) is 1.13. The van der Waals surface area contributed by atoms with Crippen LogP contribution >= 0.6 is 0 Å². The lowest BCUT2D eigenvalue weighted by Gasteiger charge is -2.16. The minimum Gasteiger partial charge on any atom is -0.375 e. The van der Waals surface area contributed by atoms with Gasteiger partial charge in [-0.25, -0.2) is 0 Å². The molecule has 12 heavy (non-hydrogen) atoms. The van der Waals surface area contributed by atoms with E-state index in [1.54, 1.807) is 6.08 Å². The van der Waals surface area contributed by atoms with Crippen molar-refractivity contribution >= 4 is 0 Å². The van der Waals surface area contributed by atoms with Crippen LogP contribution in [0.4, 0.5) is 0 Å². The van der Waals surface area contributed by atoms with Gasteiger partial charge in [-0.3, -0.25) is 0 Å². The zero-order chi connectivity index (χ0) is 9.03. The Kier molecular flexibility index (Phi) is 3.26. The minimum absolute atomic E-state index is 0.0694. The summed E-state index contributed by atoms with van der Waals surface area (Å²) in [4.78, 5) is 0. The summed E-state index contributed by atoms with van der Waals surface area (Å²) in [5.74, 6) is -0.442. The van der Waals surface area contributed by atoms with Gasteiger partial charge in [-0.15, -0.1) is 6.58 Å². The van der Waals surface area contributed by atoms with Crippen LogP contribution in [0.2, 0.25) is 0 Å². The lowest BCUT2D eigenvalue weighted by molar-refractivity contribution is -0.144. The molecule has 1 saturated heterocycles. The molecule has 1 unspecified atom stereocenters. The van der Waals surface area contributed by atoms with Crippen LogP contribution in [0, 0.1) is 0 Å². The highest BCUT2D eigenvalue weighted by Gasteiger charge is 2.32. The van der Waals surface area contributed by atoms with Crippen molar-refractivity contribution in [2.45, 2.75) is 25.7 Å². The SMILES string of the molecule is C=CCOCC1COC(C)(C)O1. The molecule has 1 atom stereocenters. The van der Waals surface area contributed by atoms with Crippen molar-refractivity contribution in [2.75, 3.05) is 19.8 Å². The van der Waals surface area contributed by atoms with E-state index >= 15 is 0 Å². The maximum atomic E-state index is 5.51. The van der Waals surface area contributed by atoms with Crippen LogP contribution in [0.15, 0.2) is 12.7 Å². The third-order valence-electron chi connectivity index (χ3n) is 1.61. The highest BCUT2D eigenvalue weighted by molar-refractivity contribution is 4.71. The minimum atomic E-state index is -0.442. The van der Waals surface area contributed by atoms with E-state index in [0.717, 1.165) is 0 Å². The average Bonchev–Trinajstić information content (AvgIpc) is 2.31. The standard InChI is InChI=1S/C9H16O3/c1-4-5-10-6-8-7-11-9(2,3)12-8/h4,8H,1,5-7H2,2-3H3. The first-order valence-electron chi connectivity index (χ1n) is 4.14. The van der Waals surface area contributed by atoms with Gasteiger partial charge in [0.05, 0.1) is 19.8 Å². The quantitative estimate of drug-likeness (QED) is 0.473. The zero-order valence-corrected chi connectivity index (χ0v) is 7.71. The predicted octanol–water partition coefficient (Wildman–Crippen LogP) is 1.34. The van der Waals surface area contributed by atoms with E-state index in [9.17, 15) is 0 Å². The summed E-state index contributed by atoms with van der Waals surface area (Å²) in [5.41, 5.74) is 0. The number of hydrogen-bond acceptors (Lipinski definition) is 3. The van der Waals surface area contributed by atoms with Gasteiger partial charge in [-0.2, -0.15) is 0 Å². The third-order valence-corrected chi connectivity index (χ3v) is 1.61. The number of ether oxygens (including phenoxy) is 3. The molecule has 1 aliphatic rings. The fraction of sp³-hybridized carbons (Fsp3) is 0.778. The molecule has 0 amide bonds. The Hall–Kier alpha value is -0.380. The largest absolute Gasteiger partial charge is 0.375 e. The van der Waals surface area contributed by atoms with Crippen molar-refractivity contribution in [2.24, 2.45) is 0 Å². The molecule has 1 fully saturated rings. The van der Waals surface area contributed by atoms with E-state index in [1.807, 2.05) is 13.8 Å². The summed E-state index contributed by atoms with van der Waals surface area (Å²) in [5, 5.41) is 0. The monoisotopic (exact) mass is 172 g/mol. The first-order chi connectivity index (χ1) is 5.64. The van der Waals surface area contributed by atoms with Crippen LogP contribution < -0.4 is 0 Å². The van der Waals surface area contributed by atoms with Crippen molar-refractivity contribution in [1.82, 2.24) is 0 Å². The molecule has 0 saturated carbocycles. The molecule has 0 bridgehead atoms. The van der Waals surface area contributed by atoms with Crippen molar-refractivity contribution in [3.05, 3.63) is 12.7 Å². The summed E-state index contributed by atoms with van der Waals surface area (Å²) in [6.07, 6.45) is 1.79. The third kappa shape index (κ3) is 2.93. The van der Waals surface area contributed by atoms with Gasteiger partial charge < -0.3 is 14.2 Å². The summed E-state index contributed by atoms with van der Waals surface area (Å²) < 4.78 is 16.1. The van der Waals surface area contributed by atoms with E-state index in [0.29, 0.717) is 19.8 Å². The van der Waals surface area contributed by atoms with Crippen LogP contribution in [-0.2, 0) is 14.2 Å². The lowest BCUT2D eigenvalue weighted by atomic mass is 10.4. The molecule has 0 aliphatic carbocycles. The van der Waals surface area contributed by atoms with Crippen LogP contribution in [0.25, 0.3) is 0 Å². The Morgan fingerprint density at radius 3 is 2.92 bits per heavy atom. The summed E-state index contributed by atoms with van der Waals surface area (Å²) in [7, 11) is 0. The molecule has 3 nitrogen and oxygen atoms in total. The summed E-state index contributed by atoms with van der Waals surface area (Å²) in [6.45, 7) is 9.13. The fourth-order valence-corrected chi connectivity index (χ4v) is 1.13. The Morgan fingerprint density at radius 2 is 2.42 bits per heavy atom. The molecular formula is C9H16O3. The molecule has 0 spiro atoms.